The number of halogens is 1. The van der Waals surface area contributed by atoms with Crippen LogP contribution in [0, 0.1) is 5.92 Å². The van der Waals surface area contributed by atoms with E-state index in [9.17, 15) is 4.79 Å². The van der Waals surface area contributed by atoms with Crippen molar-refractivity contribution in [2.24, 2.45) is 5.92 Å². The Morgan fingerprint density at radius 2 is 2.10 bits per heavy atom. The van der Waals surface area contributed by atoms with Crippen LogP contribution >= 0.6 is 12.4 Å². The first-order valence-corrected chi connectivity index (χ1v) is 7.96. The Morgan fingerprint density at radius 1 is 1.25 bits per heavy atom. The van der Waals surface area contributed by atoms with E-state index < -0.39 is 0 Å². The van der Waals surface area contributed by atoms with Crippen molar-refractivity contribution in [3.8, 4) is 0 Å². The zero-order chi connectivity index (χ0) is 13.1. The number of amides is 1. The molecule has 20 heavy (non-hydrogen) atoms. The number of carbonyl (C=O) groups excluding carboxylic acids is 1. The minimum Gasteiger partial charge on any atom is -0.374 e. The smallest absolute Gasteiger partial charge is 0.222 e. The van der Waals surface area contributed by atoms with Gasteiger partial charge in [-0.25, -0.2) is 0 Å². The van der Waals surface area contributed by atoms with Gasteiger partial charge in [0.2, 0.25) is 5.91 Å². The van der Waals surface area contributed by atoms with Crippen molar-refractivity contribution in [2.45, 2.75) is 57.1 Å². The standard InChI is InChI=1S/C15H26N2O2.ClH/c18-15(6-5-12-7-8-16-11-12)17-9-10-19-14-4-2-1-3-13(14)17;/h12-14,16H,1-11H2;1H. The van der Waals surface area contributed by atoms with Crippen molar-refractivity contribution in [2.75, 3.05) is 26.2 Å². The van der Waals surface area contributed by atoms with Crippen LogP contribution in [0.3, 0.4) is 0 Å². The summed E-state index contributed by atoms with van der Waals surface area (Å²) in [4.78, 5) is 14.6. The highest BCUT2D eigenvalue weighted by atomic mass is 35.5. The van der Waals surface area contributed by atoms with E-state index in [1.165, 1.54) is 19.3 Å². The number of fused-ring (bicyclic) bond motifs is 1. The van der Waals surface area contributed by atoms with Gasteiger partial charge in [0.1, 0.15) is 0 Å². The minimum atomic E-state index is 0. The van der Waals surface area contributed by atoms with Crippen molar-refractivity contribution >= 4 is 18.3 Å². The van der Waals surface area contributed by atoms with Crippen LogP contribution in [0.25, 0.3) is 0 Å². The van der Waals surface area contributed by atoms with Gasteiger partial charge in [-0.3, -0.25) is 4.79 Å². The SMILES string of the molecule is Cl.O=C(CCC1CCNC1)N1CCOC2CCCCC21. The number of rotatable bonds is 3. The fourth-order valence-corrected chi connectivity index (χ4v) is 3.84. The zero-order valence-corrected chi connectivity index (χ0v) is 13.0. The lowest BCUT2D eigenvalue weighted by atomic mass is 9.89. The number of nitrogens with zero attached hydrogens (tertiary/aromatic N) is 1. The molecule has 0 aromatic rings. The molecule has 3 rings (SSSR count). The van der Waals surface area contributed by atoms with Gasteiger partial charge in [-0.2, -0.15) is 0 Å². The van der Waals surface area contributed by atoms with Crippen LogP contribution in [0.4, 0.5) is 0 Å². The largest absolute Gasteiger partial charge is 0.374 e. The Balaban J connectivity index is 0.00000147. The molecule has 0 radical (unpaired) electrons. The first-order chi connectivity index (χ1) is 9.34. The molecule has 1 amide bonds. The third kappa shape index (κ3) is 3.66. The second kappa shape index (κ2) is 7.62. The van der Waals surface area contributed by atoms with Gasteiger partial charge < -0.3 is 15.0 Å². The zero-order valence-electron chi connectivity index (χ0n) is 12.2. The Labute approximate surface area is 128 Å². The van der Waals surface area contributed by atoms with Crippen molar-refractivity contribution in [3.63, 3.8) is 0 Å². The molecule has 0 spiro atoms. The predicted molar refractivity (Wildman–Crippen MR) is 81.2 cm³/mol. The highest BCUT2D eigenvalue weighted by Gasteiger charge is 2.36. The summed E-state index contributed by atoms with van der Waals surface area (Å²) in [5, 5.41) is 3.38. The molecular weight excluding hydrogens is 276 g/mol. The molecule has 3 aliphatic rings. The lowest BCUT2D eigenvalue weighted by Crippen LogP contribution is -2.54. The molecule has 3 unspecified atom stereocenters. The molecule has 3 fully saturated rings. The normalized spacial score (nSPS) is 33.4. The number of carbonyl (C=O) groups is 1. The topological polar surface area (TPSA) is 41.6 Å². The van der Waals surface area contributed by atoms with E-state index in [4.69, 9.17) is 4.74 Å². The minimum absolute atomic E-state index is 0. The van der Waals surface area contributed by atoms with Crippen molar-refractivity contribution < 1.29 is 9.53 Å². The summed E-state index contributed by atoms with van der Waals surface area (Å²) >= 11 is 0. The van der Waals surface area contributed by atoms with Gasteiger partial charge in [0.25, 0.3) is 0 Å². The van der Waals surface area contributed by atoms with E-state index in [0.717, 1.165) is 51.9 Å². The van der Waals surface area contributed by atoms with Gasteiger partial charge in [0.05, 0.1) is 18.8 Å². The van der Waals surface area contributed by atoms with E-state index in [1.54, 1.807) is 0 Å². The summed E-state index contributed by atoms with van der Waals surface area (Å²) in [7, 11) is 0. The number of morpholine rings is 1. The molecule has 116 valence electrons. The molecule has 5 heteroatoms. The van der Waals surface area contributed by atoms with Crippen LogP contribution in [-0.2, 0) is 9.53 Å². The molecule has 1 N–H and O–H groups in total. The lowest BCUT2D eigenvalue weighted by molar-refractivity contribution is -0.149. The van der Waals surface area contributed by atoms with Crippen LogP contribution < -0.4 is 5.32 Å². The average Bonchev–Trinajstić information content (AvgIpc) is 2.97. The van der Waals surface area contributed by atoms with Gasteiger partial charge in [0.15, 0.2) is 0 Å². The van der Waals surface area contributed by atoms with Gasteiger partial charge in [-0.1, -0.05) is 12.8 Å². The van der Waals surface area contributed by atoms with Gasteiger partial charge in [0, 0.05) is 13.0 Å². The Hall–Kier alpha value is -0.320. The summed E-state index contributed by atoms with van der Waals surface area (Å²) in [6.07, 6.45) is 8.14. The lowest BCUT2D eigenvalue weighted by Gasteiger charge is -2.44. The van der Waals surface area contributed by atoms with Crippen molar-refractivity contribution in [1.82, 2.24) is 10.2 Å². The molecule has 2 heterocycles. The number of ether oxygens (including phenoxy) is 1. The number of nitrogens with one attached hydrogen (secondary N) is 1. The van der Waals surface area contributed by atoms with E-state index in [1.807, 2.05) is 0 Å². The average molecular weight is 303 g/mol. The van der Waals surface area contributed by atoms with Gasteiger partial charge in [-0.15, -0.1) is 12.4 Å². The fourth-order valence-electron chi connectivity index (χ4n) is 3.84. The number of hydrogen-bond acceptors (Lipinski definition) is 3. The molecule has 0 bridgehead atoms. The second-order valence-electron chi connectivity index (χ2n) is 6.25. The maximum atomic E-state index is 12.5. The van der Waals surface area contributed by atoms with Crippen LogP contribution in [0.5, 0.6) is 0 Å². The van der Waals surface area contributed by atoms with Crippen LogP contribution in [0.2, 0.25) is 0 Å². The Bertz CT molecular complexity index is 319. The third-order valence-corrected chi connectivity index (χ3v) is 4.98. The molecule has 0 aromatic heterocycles. The van der Waals surface area contributed by atoms with E-state index in [0.29, 0.717) is 24.0 Å². The van der Waals surface area contributed by atoms with Crippen LogP contribution in [-0.4, -0.2) is 49.2 Å². The quantitative estimate of drug-likeness (QED) is 0.866. The third-order valence-electron chi connectivity index (χ3n) is 4.98. The van der Waals surface area contributed by atoms with E-state index in [2.05, 4.69) is 10.2 Å². The van der Waals surface area contributed by atoms with Crippen molar-refractivity contribution in [1.29, 1.82) is 0 Å². The molecule has 4 nitrogen and oxygen atoms in total. The monoisotopic (exact) mass is 302 g/mol. The summed E-state index contributed by atoms with van der Waals surface area (Å²) in [6, 6.07) is 0.372. The molecule has 0 aromatic carbocycles. The Morgan fingerprint density at radius 3 is 2.90 bits per heavy atom. The predicted octanol–water partition coefficient (Wildman–Crippen LogP) is 1.97. The van der Waals surface area contributed by atoms with E-state index >= 15 is 0 Å². The van der Waals surface area contributed by atoms with Crippen LogP contribution in [0.1, 0.15) is 44.9 Å². The molecule has 2 saturated heterocycles. The summed E-state index contributed by atoms with van der Waals surface area (Å²) in [5.41, 5.74) is 0. The van der Waals surface area contributed by atoms with Gasteiger partial charge in [-0.05, 0) is 44.7 Å². The fraction of sp³-hybridized carbons (Fsp3) is 0.933. The molecule has 1 aliphatic carbocycles. The first-order valence-electron chi connectivity index (χ1n) is 7.96. The molecule has 2 aliphatic heterocycles. The van der Waals surface area contributed by atoms with Crippen molar-refractivity contribution in [3.05, 3.63) is 0 Å². The van der Waals surface area contributed by atoms with Crippen LogP contribution in [0.15, 0.2) is 0 Å². The number of hydrogen-bond donors (Lipinski definition) is 1. The van der Waals surface area contributed by atoms with Gasteiger partial charge >= 0.3 is 0 Å². The highest BCUT2D eigenvalue weighted by Crippen LogP contribution is 2.29. The van der Waals surface area contributed by atoms with E-state index in [-0.39, 0.29) is 12.4 Å². The molecule has 1 saturated carbocycles. The summed E-state index contributed by atoms with van der Waals surface area (Å²) < 4.78 is 5.84. The summed E-state index contributed by atoms with van der Waals surface area (Å²) in [6.45, 7) is 3.77. The maximum Gasteiger partial charge on any atom is 0.222 e. The highest BCUT2D eigenvalue weighted by molar-refractivity contribution is 5.85. The molecular formula is C15H27ClN2O2. The first kappa shape index (κ1) is 16.1. The molecule has 3 atom stereocenters. The Kier molecular flexibility index (Phi) is 6.12. The summed E-state index contributed by atoms with van der Waals surface area (Å²) in [5.74, 6) is 1.08. The maximum absolute atomic E-state index is 12.5. The second-order valence-corrected chi connectivity index (χ2v) is 6.25.